The van der Waals surface area contributed by atoms with E-state index in [1.54, 1.807) is 4.90 Å². The molecule has 0 spiro atoms. The van der Waals surface area contributed by atoms with E-state index in [0.717, 1.165) is 12.8 Å². The molecule has 0 saturated carbocycles. The Morgan fingerprint density at radius 3 is 2.27 bits per heavy atom. The van der Waals surface area contributed by atoms with Crippen LogP contribution in [0.2, 0.25) is 0 Å². The predicted molar refractivity (Wildman–Crippen MR) is 82.7 cm³/mol. The van der Waals surface area contributed by atoms with E-state index in [1.165, 1.54) is 7.11 Å². The molecule has 0 radical (unpaired) electrons. The molecule has 2 atom stereocenters. The Balaban J connectivity index is 2.81. The maximum Gasteiger partial charge on any atom is 0.410 e. The molecule has 6 heteroatoms. The number of ether oxygens (including phenoxy) is 2. The van der Waals surface area contributed by atoms with Gasteiger partial charge < -0.3 is 19.5 Å². The van der Waals surface area contributed by atoms with E-state index in [4.69, 9.17) is 9.47 Å². The third-order valence-corrected chi connectivity index (χ3v) is 4.26. The maximum atomic E-state index is 12.2. The van der Waals surface area contributed by atoms with Crippen molar-refractivity contribution in [3.8, 4) is 0 Å². The minimum Gasteiger partial charge on any atom is -0.479 e. The number of hydrogen-bond donors (Lipinski definition) is 1. The van der Waals surface area contributed by atoms with Gasteiger partial charge in [0.1, 0.15) is 5.60 Å². The zero-order valence-corrected chi connectivity index (χ0v) is 14.5. The van der Waals surface area contributed by atoms with E-state index < -0.39 is 23.1 Å². The number of carbonyl (C=O) groups is 2. The molecule has 0 bridgehead atoms. The Kier molecular flexibility index (Phi) is 5.84. The lowest BCUT2D eigenvalue weighted by molar-refractivity contribution is -0.160. The number of piperidine rings is 1. The maximum absolute atomic E-state index is 12.2. The van der Waals surface area contributed by atoms with Gasteiger partial charge in [-0.15, -0.1) is 0 Å². The standard InChI is InChI=1S/C16H29NO5/c1-15(2,3)22-14(20)17-9-7-8-11(10-17)16(4,5)12(21-6)13(18)19/h11-12H,7-10H2,1-6H3,(H,18,19). The predicted octanol–water partition coefficient (Wildman–Crippen LogP) is 2.76. The van der Waals surface area contributed by atoms with Crippen LogP contribution in [0.15, 0.2) is 0 Å². The summed E-state index contributed by atoms with van der Waals surface area (Å²) in [6.45, 7) is 10.4. The fourth-order valence-corrected chi connectivity index (χ4v) is 3.01. The van der Waals surface area contributed by atoms with Gasteiger partial charge in [0, 0.05) is 25.6 Å². The molecule has 22 heavy (non-hydrogen) atoms. The van der Waals surface area contributed by atoms with Crippen LogP contribution >= 0.6 is 0 Å². The normalized spacial score (nSPS) is 21.4. The Morgan fingerprint density at radius 1 is 1.23 bits per heavy atom. The highest BCUT2D eigenvalue weighted by atomic mass is 16.6. The Hall–Kier alpha value is -1.30. The summed E-state index contributed by atoms with van der Waals surface area (Å²) in [7, 11) is 1.41. The Morgan fingerprint density at radius 2 is 1.82 bits per heavy atom. The number of hydrogen-bond acceptors (Lipinski definition) is 4. The van der Waals surface area contributed by atoms with E-state index in [9.17, 15) is 14.7 Å². The van der Waals surface area contributed by atoms with Crippen LogP contribution in [0, 0.1) is 11.3 Å². The molecule has 1 N–H and O–H groups in total. The van der Waals surface area contributed by atoms with Crippen molar-refractivity contribution in [3.05, 3.63) is 0 Å². The third-order valence-electron chi connectivity index (χ3n) is 4.26. The van der Waals surface area contributed by atoms with Gasteiger partial charge >= 0.3 is 12.1 Å². The molecule has 2 unspecified atom stereocenters. The fraction of sp³-hybridized carbons (Fsp3) is 0.875. The van der Waals surface area contributed by atoms with Crippen LogP contribution in [-0.2, 0) is 14.3 Å². The number of carboxylic acids is 1. The molecule has 1 amide bonds. The summed E-state index contributed by atoms with van der Waals surface area (Å²) < 4.78 is 10.6. The van der Waals surface area contributed by atoms with Gasteiger partial charge in [0.2, 0.25) is 0 Å². The van der Waals surface area contributed by atoms with Crippen LogP contribution in [0.1, 0.15) is 47.5 Å². The number of carboxylic acid groups (broad SMARTS) is 1. The van der Waals surface area contributed by atoms with Crippen molar-refractivity contribution in [3.63, 3.8) is 0 Å². The summed E-state index contributed by atoms with van der Waals surface area (Å²) in [5, 5.41) is 9.34. The van der Waals surface area contributed by atoms with Crippen molar-refractivity contribution in [2.45, 2.75) is 59.2 Å². The number of likely N-dealkylation sites (tertiary alicyclic amines) is 1. The summed E-state index contributed by atoms with van der Waals surface area (Å²) in [6, 6.07) is 0. The van der Waals surface area contributed by atoms with E-state index in [1.807, 2.05) is 34.6 Å². The lowest BCUT2D eigenvalue weighted by atomic mass is 9.71. The largest absolute Gasteiger partial charge is 0.479 e. The molecule has 1 heterocycles. The summed E-state index contributed by atoms with van der Waals surface area (Å²) in [6.07, 6.45) is 0.483. The second-order valence-corrected chi connectivity index (χ2v) is 7.54. The second kappa shape index (κ2) is 6.86. The first-order valence-corrected chi connectivity index (χ1v) is 7.72. The van der Waals surface area contributed by atoms with Gasteiger partial charge in [0.25, 0.3) is 0 Å². The van der Waals surface area contributed by atoms with E-state index in [2.05, 4.69) is 0 Å². The van der Waals surface area contributed by atoms with Gasteiger partial charge in [-0.2, -0.15) is 0 Å². The van der Waals surface area contributed by atoms with Crippen molar-refractivity contribution in [1.82, 2.24) is 4.90 Å². The first kappa shape index (κ1) is 18.7. The molecule has 0 aromatic rings. The van der Waals surface area contributed by atoms with Gasteiger partial charge in [-0.1, -0.05) is 13.8 Å². The number of aliphatic carboxylic acids is 1. The smallest absolute Gasteiger partial charge is 0.410 e. The molecule has 6 nitrogen and oxygen atoms in total. The number of rotatable bonds is 4. The van der Waals surface area contributed by atoms with E-state index in [0.29, 0.717) is 13.1 Å². The van der Waals surface area contributed by atoms with Crippen LogP contribution in [0.5, 0.6) is 0 Å². The zero-order valence-electron chi connectivity index (χ0n) is 14.5. The first-order chi connectivity index (χ1) is 9.99. The summed E-state index contributed by atoms with van der Waals surface area (Å²) in [5.41, 5.74) is -1.10. The quantitative estimate of drug-likeness (QED) is 0.863. The molecule has 1 fully saturated rings. The average molecular weight is 315 g/mol. The van der Waals surface area contributed by atoms with Crippen molar-refractivity contribution < 1.29 is 24.2 Å². The lowest BCUT2D eigenvalue weighted by Crippen LogP contribution is -2.51. The lowest BCUT2D eigenvalue weighted by Gasteiger charge is -2.43. The Labute approximate surface area is 132 Å². The molecule has 1 aliphatic rings. The zero-order chi connectivity index (χ0) is 17.1. The second-order valence-electron chi connectivity index (χ2n) is 7.54. The fourth-order valence-electron chi connectivity index (χ4n) is 3.01. The van der Waals surface area contributed by atoms with Crippen LogP contribution in [0.3, 0.4) is 0 Å². The highest BCUT2D eigenvalue weighted by Crippen LogP contribution is 2.38. The number of methoxy groups -OCH3 is 1. The Bertz CT molecular complexity index is 413. The topological polar surface area (TPSA) is 76.1 Å². The summed E-state index contributed by atoms with van der Waals surface area (Å²) in [5.74, 6) is -0.920. The van der Waals surface area contributed by atoms with Crippen LogP contribution < -0.4 is 0 Å². The van der Waals surface area contributed by atoms with Crippen LogP contribution in [0.25, 0.3) is 0 Å². The van der Waals surface area contributed by atoms with Gasteiger partial charge in [-0.05, 0) is 39.5 Å². The summed E-state index contributed by atoms with van der Waals surface area (Å²) in [4.78, 5) is 25.3. The van der Waals surface area contributed by atoms with Crippen molar-refractivity contribution in [2.75, 3.05) is 20.2 Å². The average Bonchev–Trinajstić information content (AvgIpc) is 2.36. The number of amides is 1. The minimum atomic E-state index is -0.970. The monoisotopic (exact) mass is 315 g/mol. The molecule has 1 saturated heterocycles. The number of nitrogens with zero attached hydrogens (tertiary/aromatic N) is 1. The van der Waals surface area contributed by atoms with Gasteiger partial charge in [-0.3, -0.25) is 0 Å². The molecular formula is C16H29NO5. The highest BCUT2D eigenvalue weighted by molar-refractivity contribution is 5.73. The molecule has 128 valence electrons. The molecule has 1 aliphatic heterocycles. The van der Waals surface area contributed by atoms with Gasteiger partial charge in [-0.25, -0.2) is 9.59 Å². The minimum absolute atomic E-state index is 0.0508. The third kappa shape index (κ3) is 4.60. The molecule has 1 rings (SSSR count). The van der Waals surface area contributed by atoms with Gasteiger partial charge in [0.15, 0.2) is 6.10 Å². The summed E-state index contributed by atoms with van der Waals surface area (Å²) >= 11 is 0. The molecule has 0 aliphatic carbocycles. The highest BCUT2D eigenvalue weighted by Gasteiger charge is 2.44. The van der Waals surface area contributed by atoms with Crippen LogP contribution in [0.4, 0.5) is 4.79 Å². The molecule has 0 aromatic heterocycles. The number of carbonyl (C=O) groups excluding carboxylic acids is 1. The SMILES string of the molecule is COC(C(=O)O)C(C)(C)C1CCCN(C(=O)OC(C)(C)C)C1. The van der Waals surface area contributed by atoms with E-state index in [-0.39, 0.29) is 12.0 Å². The van der Waals surface area contributed by atoms with E-state index >= 15 is 0 Å². The van der Waals surface area contributed by atoms with Gasteiger partial charge in [0.05, 0.1) is 0 Å². The van der Waals surface area contributed by atoms with Crippen molar-refractivity contribution in [1.29, 1.82) is 0 Å². The van der Waals surface area contributed by atoms with Crippen molar-refractivity contribution >= 4 is 12.1 Å². The molecule has 0 aromatic carbocycles. The van der Waals surface area contributed by atoms with Crippen LogP contribution in [-0.4, -0.2) is 54.0 Å². The molecular weight excluding hydrogens is 286 g/mol. The van der Waals surface area contributed by atoms with Crippen molar-refractivity contribution in [2.24, 2.45) is 11.3 Å². The first-order valence-electron chi connectivity index (χ1n) is 7.72.